The zero-order valence-corrected chi connectivity index (χ0v) is 19.6. The smallest absolute Gasteiger partial charge is 0.243 e. The highest BCUT2D eigenvalue weighted by atomic mass is 79.9. The van der Waals surface area contributed by atoms with E-state index in [4.69, 9.17) is 0 Å². The zero-order valence-electron chi connectivity index (χ0n) is 15.6. The Morgan fingerprint density at radius 2 is 1.57 bits per heavy atom. The van der Waals surface area contributed by atoms with Crippen LogP contribution in [0.5, 0.6) is 0 Å². The SMILES string of the molecule is CCN(CC)S(=O)(=O)c1cccc(N2C(=O)[C@H]3[C@@H]4C[C@H]([C@@H](Br)[C@H]4Br)[C@@H]3C2=O)c1. The van der Waals surface area contributed by atoms with Crippen LogP contribution in [0.15, 0.2) is 29.2 Å². The first-order valence-electron chi connectivity index (χ1n) is 9.50. The van der Waals surface area contributed by atoms with E-state index < -0.39 is 10.0 Å². The topological polar surface area (TPSA) is 74.8 Å². The summed E-state index contributed by atoms with van der Waals surface area (Å²) >= 11 is 7.35. The quantitative estimate of drug-likeness (QED) is 0.430. The molecule has 3 fully saturated rings. The van der Waals surface area contributed by atoms with Gasteiger partial charge >= 0.3 is 0 Å². The highest BCUT2D eigenvalue weighted by molar-refractivity contribution is 9.12. The summed E-state index contributed by atoms with van der Waals surface area (Å²) in [5, 5.41) is 0. The number of amides is 2. The van der Waals surface area contributed by atoms with Crippen molar-refractivity contribution in [3.8, 4) is 0 Å². The van der Waals surface area contributed by atoms with Crippen molar-refractivity contribution in [2.75, 3.05) is 18.0 Å². The largest absolute Gasteiger partial charge is 0.274 e. The number of fused-ring (bicyclic) bond motifs is 5. The number of rotatable bonds is 5. The summed E-state index contributed by atoms with van der Waals surface area (Å²) in [4.78, 5) is 28.0. The van der Waals surface area contributed by atoms with Gasteiger partial charge in [0, 0.05) is 22.7 Å². The molecule has 152 valence electrons. The van der Waals surface area contributed by atoms with E-state index in [1.165, 1.54) is 21.3 Å². The molecule has 0 radical (unpaired) electrons. The number of hydrogen-bond acceptors (Lipinski definition) is 4. The summed E-state index contributed by atoms with van der Waals surface area (Å²) in [5.41, 5.74) is 0.342. The van der Waals surface area contributed by atoms with Crippen LogP contribution in [0.3, 0.4) is 0 Å². The van der Waals surface area contributed by atoms with E-state index in [-0.39, 0.29) is 50.0 Å². The number of anilines is 1. The highest BCUT2D eigenvalue weighted by Gasteiger charge is 2.66. The van der Waals surface area contributed by atoms with Crippen LogP contribution >= 0.6 is 31.9 Å². The molecule has 1 aromatic carbocycles. The Labute approximate surface area is 181 Å². The first-order valence-corrected chi connectivity index (χ1v) is 12.8. The second-order valence-electron chi connectivity index (χ2n) is 7.60. The van der Waals surface area contributed by atoms with Crippen LogP contribution in [0.25, 0.3) is 0 Å². The Morgan fingerprint density at radius 3 is 2.07 bits per heavy atom. The van der Waals surface area contributed by atoms with Crippen molar-refractivity contribution in [1.82, 2.24) is 4.31 Å². The third-order valence-corrected chi connectivity index (χ3v) is 11.7. The standard InChI is InChI=1S/C19H22Br2N2O4S/c1-3-22(4-2)28(26,27)11-7-5-6-10(8-11)23-18(24)14-12-9-13(15(14)19(23)25)17(21)16(12)20/h5-8,12-17H,3-4,9H2,1-2H3/t12-,13-,14-,15-,16-,17+/m0/s1. The number of imide groups is 1. The molecule has 28 heavy (non-hydrogen) atoms. The van der Waals surface area contributed by atoms with Crippen molar-refractivity contribution in [2.24, 2.45) is 23.7 Å². The minimum atomic E-state index is -3.66. The first kappa shape index (κ1) is 20.5. The van der Waals surface area contributed by atoms with Crippen LogP contribution in [-0.2, 0) is 19.6 Å². The van der Waals surface area contributed by atoms with Gasteiger partial charge in [0.2, 0.25) is 21.8 Å². The lowest BCUT2D eigenvalue weighted by Gasteiger charge is -2.28. The van der Waals surface area contributed by atoms with Crippen molar-refractivity contribution >= 4 is 59.4 Å². The summed E-state index contributed by atoms with van der Waals surface area (Å²) in [7, 11) is -3.66. The number of carbonyl (C=O) groups excluding carboxylic acids is 2. The fourth-order valence-corrected chi connectivity index (χ4v) is 8.47. The zero-order chi connectivity index (χ0) is 20.4. The molecule has 0 aromatic heterocycles. The van der Waals surface area contributed by atoms with Crippen LogP contribution in [0.4, 0.5) is 5.69 Å². The lowest BCUT2D eigenvalue weighted by molar-refractivity contribution is -0.123. The molecule has 1 saturated heterocycles. The molecule has 1 aromatic rings. The van der Waals surface area contributed by atoms with Gasteiger partial charge in [-0.1, -0.05) is 51.8 Å². The molecule has 0 unspecified atom stereocenters. The molecule has 2 bridgehead atoms. The molecule has 6 atom stereocenters. The Balaban J connectivity index is 1.70. The van der Waals surface area contributed by atoms with Crippen molar-refractivity contribution in [1.29, 1.82) is 0 Å². The number of sulfonamides is 1. The van der Waals surface area contributed by atoms with Gasteiger partial charge in [-0.2, -0.15) is 4.31 Å². The van der Waals surface area contributed by atoms with Crippen molar-refractivity contribution in [3.05, 3.63) is 24.3 Å². The lowest BCUT2D eigenvalue weighted by atomic mass is 9.81. The van der Waals surface area contributed by atoms with E-state index in [0.29, 0.717) is 18.8 Å². The molecule has 6 nitrogen and oxygen atoms in total. The van der Waals surface area contributed by atoms with Gasteiger partial charge in [-0.3, -0.25) is 9.59 Å². The number of nitrogens with zero attached hydrogens (tertiary/aromatic N) is 2. The molecule has 1 aliphatic heterocycles. The second-order valence-corrected chi connectivity index (χ2v) is 11.7. The van der Waals surface area contributed by atoms with Crippen molar-refractivity contribution in [3.63, 3.8) is 0 Å². The summed E-state index contributed by atoms with van der Waals surface area (Å²) in [6.45, 7) is 4.28. The average molecular weight is 534 g/mol. The molecule has 0 spiro atoms. The number of halogens is 2. The molecule has 9 heteroatoms. The summed E-state index contributed by atoms with van der Waals surface area (Å²) in [5.74, 6) is -0.795. The third kappa shape index (κ3) is 2.76. The van der Waals surface area contributed by atoms with E-state index in [2.05, 4.69) is 31.9 Å². The van der Waals surface area contributed by atoms with E-state index in [0.717, 1.165) is 6.42 Å². The Bertz CT molecular complexity index is 902. The van der Waals surface area contributed by atoms with Gasteiger partial charge in [0.1, 0.15) is 0 Å². The summed E-state index contributed by atoms with van der Waals surface area (Å²) in [6, 6.07) is 6.19. The van der Waals surface area contributed by atoms with Crippen LogP contribution in [0.2, 0.25) is 0 Å². The van der Waals surface area contributed by atoms with Gasteiger partial charge < -0.3 is 0 Å². The van der Waals surface area contributed by atoms with Crippen LogP contribution in [0.1, 0.15) is 20.3 Å². The van der Waals surface area contributed by atoms with Gasteiger partial charge in [-0.25, -0.2) is 13.3 Å². The third-order valence-electron chi connectivity index (χ3n) is 6.41. The van der Waals surface area contributed by atoms with Gasteiger partial charge in [0.05, 0.1) is 22.4 Å². The minimum absolute atomic E-state index is 0.103. The number of alkyl halides is 2. The second kappa shape index (κ2) is 7.18. The van der Waals surface area contributed by atoms with Crippen LogP contribution < -0.4 is 4.90 Å². The Morgan fingerprint density at radius 1 is 1.04 bits per heavy atom. The van der Waals surface area contributed by atoms with Crippen molar-refractivity contribution < 1.29 is 18.0 Å². The van der Waals surface area contributed by atoms with E-state index >= 15 is 0 Å². The summed E-state index contributed by atoms with van der Waals surface area (Å²) < 4.78 is 27.1. The summed E-state index contributed by atoms with van der Waals surface area (Å²) in [6.07, 6.45) is 0.864. The van der Waals surface area contributed by atoms with E-state index in [9.17, 15) is 18.0 Å². The van der Waals surface area contributed by atoms with Gasteiger partial charge in [-0.15, -0.1) is 0 Å². The van der Waals surface area contributed by atoms with Crippen LogP contribution in [-0.4, -0.2) is 47.3 Å². The van der Waals surface area contributed by atoms with Gasteiger partial charge in [-0.05, 0) is 36.5 Å². The maximum Gasteiger partial charge on any atom is 0.243 e. The monoisotopic (exact) mass is 532 g/mol. The van der Waals surface area contributed by atoms with Gasteiger partial charge in [0.25, 0.3) is 0 Å². The van der Waals surface area contributed by atoms with Gasteiger partial charge in [0.15, 0.2) is 0 Å². The van der Waals surface area contributed by atoms with E-state index in [1.54, 1.807) is 26.0 Å². The van der Waals surface area contributed by atoms with E-state index in [1.807, 2.05) is 0 Å². The highest BCUT2D eigenvalue weighted by Crippen LogP contribution is 2.60. The minimum Gasteiger partial charge on any atom is -0.274 e. The number of carbonyl (C=O) groups is 2. The Hall–Kier alpha value is -0.770. The molecule has 3 aliphatic rings. The normalized spacial score (nSPS) is 34.5. The first-order chi connectivity index (χ1) is 13.2. The fourth-order valence-electron chi connectivity index (χ4n) is 5.10. The predicted molar refractivity (Wildman–Crippen MR) is 113 cm³/mol. The molecular weight excluding hydrogens is 512 g/mol. The number of benzene rings is 1. The lowest BCUT2D eigenvalue weighted by Crippen LogP contribution is -2.37. The molecular formula is C19H22Br2N2O4S. The van der Waals surface area contributed by atoms with Crippen molar-refractivity contribution in [2.45, 2.75) is 34.8 Å². The van der Waals surface area contributed by atoms with Crippen LogP contribution in [0, 0.1) is 23.7 Å². The molecule has 2 aliphatic carbocycles. The molecule has 0 N–H and O–H groups in total. The maximum absolute atomic E-state index is 13.2. The molecule has 1 heterocycles. The molecule has 2 saturated carbocycles. The maximum atomic E-state index is 13.2. The Kier molecular flexibility index (Phi) is 5.26. The fraction of sp³-hybridized carbons (Fsp3) is 0.579. The average Bonchev–Trinajstić information content (AvgIpc) is 3.27. The number of hydrogen-bond donors (Lipinski definition) is 0. The predicted octanol–water partition coefficient (Wildman–Crippen LogP) is 3.00. The molecule has 2 amide bonds. The molecule has 4 rings (SSSR count).